The summed E-state index contributed by atoms with van der Waals surface area (Å²) in [6, 6.07) is 7.60. The first-order chi connectivity index (χ1) is 14.3. The molecule has 158 valence electrons. The van der Waals surface area contributed by atoms with Crippen molar-refractivity contribution < 1.29 is 13.2 Å². The van der Waals surface area contributed by atoms with Gasteiger partial charge in [0, 0.05) is 42.3 Å². The van der Waals surface area contributed by atoms with E-state index in [1.54, 1.807) is 11.4 Å². The Kier molecular flexibility index (Phi) is 4.33. The molecule has 2 bridgehead atoms. The monoisotopic (exact) mass is 429 g/mol. The Morgan fingerprint density at radius 2 is 2.07 bits per heavy atom. The zero-order valence-corrected chi connectivity index (χ0v) is 17.8. The first kappa shape index (κ1) is 19.1. The van der Waals surface area contributed by atoms with Gasteiger partial charge in [0.15, 0.2) is 5.82 Å². The first-order valence-electron chi connectivity index (χ1n) is 9.70. The molecule has 2 saturated heterocycles. The quantitative estimate of drug-likeness (QED) is 0.629. The van der Waals surface area contributed by atoms with Crippen LogP contribution in [0.4, 0.5) is 17.6 Å². The number of benzene rings is 1. The van der Waals surface area contributed by atoms with Gasteiger partial charge in [-0.1, -0.05) is 6.07 Å². The second-order valence-electron chi connectivity index (χ2n) is 7.82. The van der Waals surface area contributed by atoms with Crippen LogP contribution in [0.1, 0.15) is 12.1 Å². The molecule has 0 unspecified atom stereocenters. The van der Waals surface area contributed by atoms with E-state index >= 15 is 0 Å². The maximum absolute atomic E-state index is 12.0. The Morgan fingerprint density at radius 1 is 1.23 bits per heavy atom. The van der Waals surface area contributed by atoms with Gasteiger partial charge in [-0.2, -0.15) is 14.4 Å². The van der Waals surface area contributed by atoms with Crippen LogP contribution >= 0.6 is 0 Å². The van der Waals surface area contributed by atoms with Crippen molar-refractivity contribution in [2.45, 2.75) is 25.4 Å². The predicted molar refractivity (Wildman–Crippen MR) is 114 cm³/mol. The Balaban J connectivity index is 1.56. The molecule has 0 radical (unpaired) electrons. The van der Waals surface area contributed by atoms with Crippen LogP contribution in [0.3, 0.4) is 0 Å². The number of para-hydroxylation sites is 1. The summed E-state index contributed by atoms with van der Waals surface area (Å²) in [6.45, 7) is 2.96. The number of ether oxygens (including phenoxy) is 1. The normalized spacial score (nSPS) is 21.5. The summed E-state index contributed by atoms with van der Waals surface area (Å²) in [5.41, 5.74) is 1.63. The van der Waals surface area contributed by atoms with Gasteiger partial charge in [0.05, 0.1) is 13.4 Å². The molecule has 4 heterocycles. The smallest absolute Gasteiger partial charge is 0.228 e. The van der Waals surface area contributed by atoms with E-state index in [2.05, 4.69) is 20.4 Å². The number of aromatic amines is 1. The standard InChI is InChI=1S/C19H23N7O3S/c1-11-7-16(24-23-11)20-18-14-5-4-6-15(29-2)17(14)21-19(22-18)25-9-13-8-12(25)10-26(13)30(3,27)28/h4-7,12-13H,8-10H2,1-3H3,(H2,20,21,22,23,24)/t12-,13-/m0/s1. The molecule has 11 heteroatoms. The Labute approximate surface area is 174 Å². The van der Waals surface area contributed by atoms with Gasteiger partial charge in [0.1, 0.15) is 17.1 Å². The highest BCUT2D eigenvalue weighted by atomic mass is 32.2. The van der Waals surface area contributed by atoms with E-state index in [4.69, 9.17) is 14.7 Å². The molecule has 2 N–H and O–H groups in total. The summed E-state index contributed by atoms with van der Waals surface area (Å²) in [4.78, 5) is 11.7. The molecule has 30 heavy (non-hydrogen) atoms. The lowest BCUT2D eigenvalue weighted by molar-refractivity contribution is 0.370. The summed E-state index contributed by atoms with van der Waals surface area (Å²) in [5, 5.41) is 11.3. The van der Waals surface area contributed by atoms with Crippen molar-refractivity contribution in [2.75, 3.05) is 36.7 Å². The van der Waals surface area contributed by atoms with Gasteiger partial charge in [-0.25, -0.2) is 13.4 Å². The number of hydrogen-bond donors (Lipinski definition) is 2. The van der Waals surface area contributed by atoms with Crippen molar-refractivity contribution >= 4 is 38.5 Å². The van der Waals surface area contributed by atoms with Gasteiger partial charge in [0.2, 0.25) is 16.0 Å². The van der Waals surface area contributed by atoms with Crippen molar-refractivity contribution in [1.82, 2.24) is 24.5 Å². The zero-order chi connectivity index (χ0) is 21.0. The second-order valence-corrected chi connectivity index (χ2v) is 9.75. The van der Waals surface area contributed by atoms with Gasteiger partial charge in [-0.3, -0.25) is 5.10 Å². The van der Waals surface area contributed by atoms with Crippen LogP contribution in [0.15, 0.2) is 24.3 Å². The maximum atomic E-state index is 12.0. The summed E-state index contributed by atoms with van der Waals surface area (Å²) >= 11 is 0. The fourth-order valence-electron chi connectivity index (χ4n) is 4.39. The molecular formula is C19H23N7O3S. The lowest BCUT2D eigenvalue weighted by Crippen LogP contribution is -2.48. The fraction of sp³-hybridized carbons (Fsp3) is 0.421. The molecular weight excluding hydrogens is 406 g/mol. The number of piperazine rings is 1. The molecule has 0 amide bonds. The van der Waals surface area contributed by atoms with Crippen LogP contribution in [-0.2, 0) is 10.0 Å². The molecule has 5 rings (SSSR count). The van der Waals surface area contributed by atoms with Crippen molar-refractivity contribution in [1.29, 1.82) is 0 Å². The van der Waals surface area contributed by atoms with E-state index in [0.29, 0.717) is 41.9 Å². The third-order valence-corrected chi connectivity index (χ3v) is 7.02. The number of aryl methyl sites for hydroxylation is 1. The Hall–Kier alpha value is -2.92. The Bertz CT molecular complexity index is 1230. The van der Waals surface area contributed by atoms with Gasteiger partial charge in [-0.05, 0) is 25.5 Å². The minimum atomic E-state index is -3.21. The third kappa shape index (κ3) is 3.14. The lowest BCUT2D eigenvalue weighted by atomic mass is 10.2. The van der Waals surface area contributed by atoms with Crippen LogP contribution in [0.2, 0.25) is 0 Å². The highest BCUT2D eigenvalue weighted by molar-refractivity contribution is 7.88. The summed E-state index contributed by atoms with van der Waals surface area (Å²) in [6.07, 6.45) is 2.05. The number of fused-ring (bicyclic) bond motifs is 3. The number of aromatic nitrogens is 4. The van der Waals surface area contributed by atoms with Crippen molar-refractivity contribution in [3.05, 3.63) is 30.0 Å². The molecule has 2 aromatic heterocycles. The van der Waals surface area contributed by atoms with E-state index in [1.807, 2.05) is 31.2 Å². The minimum Gasteiger partial charge on any atom is -0.494 e. The molecule has 2 atom stereocenters. The van der Waals surface area contributed by atoms with E-state index in [1.165, 1.54) is 6.26 Å². The predicted octanol–water partition coefficient (Wildman–Crippen LogP) is 1.64. The highest BCUT2D eigenvalue weighted by Gasteiger charge is 2.47. The molecule has 0 spiro atoms. The van der Waals surface area contributed by atoms with Crippen molar-refractivity contribution in [3.8, 4) is 5.75 Å². The van der Waals surface area contributed by atoms with Gasteiger partial charge >= 0.3 is 0 Å². The molecule has 10 nitrogen and oxygen atoms in total. The van der Waals surface area contributed by atoms with Crippen LogP contribution in [-0.4, -0.2) is 71.4 Å². The first-order valence-corrected chi connectivity index (χ1v) is 11.6. The van der Waals surface area contributed by atoms with E-state index in [-0.39, 0.29) is 12.1 Å². The number of nitrogens with zero attached hydrogens (tertiary/aromatic N) is 5. The van der Waals surface area contributed by atoms with Crippen molar-refractivity contribution in [2.24, 2.45) is 0 Å². The highest BCUT2D eigenvalue weighted by Crippen LogP contribution is 2.37. The fourth-order valence-corrected chi connectivity index (χ4v) is 5.52. The number of nitrogens with one attached hydrogen (secondary N) is 2. The number of H-pyrrole nitrogens is 1. The molecule has 2 aliphatic rings. The largest absolute Gasteiger partial charge is 0.494 e. The van der Waals surface area contributed by atoms with E-state index in [0.717, 1.165) is 17.5 Å². The van der Waals surface area contributed by atoms with E-state index < -0.39 is 10.0 Å². The number of rotatable bonds is 5. The molecule has 0 aliphatic carbocycles. The lowest BCUT2D eigenvalue weighted by Gasteiger charge is -2.33. The topological polar surface area (TPSA) is 116 Å². The number of hydrogen-bond acceptors (Lipinski definition) is 8. The molecule has 1 aromatic carbocycles. The van der Waals surface area contributed by atoms with E-state index in [9.17, 15) is 8.42 Å². The molecule has 2 aliphatic heterocycles. The SMILES string of the molecule is COc1cccc2c(Nc3cc(C)[nH]n3)nc(N3C[C@@H]4C[C@H]3CN4S(C)(=O)=O)nc12. The number of sulfonamides is 1. The minimum absolute atomic E-state index is 0.0487. The average Bonchev–Trinajstić information content (AvgIpc) is 3.42. The molecule has 2 fully saturated rings. The third-order valence-electron chi connectivity index (χ3n) is 5.72. The van der Waals surface area contributed by atoms with Gasteiger partial charge in [0.25, 0.3) is 0 Å². The van der Waals surface area contributed by atoms with Crippen LogP contribution < -0.4 is 15.0 Å². The average molecular weight is 430 g/mol. The summed E-state index contributed by atoms with van der Waals surface area (Å²) in [7, 11) is -1.60. The summed E-state index contributed by atoms with van der Waals surface area (Å²) in [5.74, 6) is 2.50. The van der Waals surface area contributed by atoms with Gasteiger partial charge < -0.3 is 15.0 Å². The zero-order valence-electron chi connectivity index (χ0n) is 17.0. The molecule has 0 saturated carbocycles. The number of anilines is 3. The van der Waals surface area contributed by atoms with Crippen LogP contribution in [0.5, 0.6) is 5.75 Å². The molecule has 3 aromatic rings. The van der Waals surface area contributed by atoms with Crippen LogP contribution in [0, 0.1) is 6.92 Å². The number of methoxy groups -OCH3 is 1. The van der Waals surface area contributed by atoms with Crippen LogP contribution in [0.25, 0.3) is 10.9 Å². The second kappa shape index (κ2) is 6.81. The van der Waals surface area contributed by atoms with Crippen molar-refractivity contribution in [3.63, 3.8) is 0 Å². The van der Waals surface area contributed by atoms with Gasteiger partial charge in [-0.15, -0.1) is 0 Å². The summed E-state index contributed by atoms with van der Waals surface area (Å²) < 4.78 is 31.2. The Morgan fingerprint density at radius 3 is 2.70 bits per heavy atom. The maximum Gasteiger partial charge on any atom is 0.228 e.